The van der Waals surface area contributed by atoms with Gasteiger partial charge < -0.3 is 15.1 Å². The van der Waals surface area contributed by atoms with Crippen molar-refractivity contribution in [2.45, 2.75) is 32.1 Å². The zero-order valence-corrected chi connectivity index (χ0v) is 14.5. The summed E-state index contributed by atoms with van der Waals surface area (Å²) >= 11 is 0. The Hall–Kier alpha value is -1.95. The van der Waals surface area contributed by atoms with Gasteiger partial charge in [0.15, 0.2) is 0 Å². The highest BCUT2D eigenvalue weighted by Gasteiger charge is 2.17. The Morgan fingerprint density at radius 3 is 2.58 bits per heavy atom. The van der Waals surface area contributed by atoms with Gasteiger partial charge in [-0.2, -0.15) is 0 Å². The standard InChI is InChI=1S/C18H27N5O/c1-22-9-11-23(12-10-22)18-20-13-16(14-21-18)17(24)19-8-7-15-5-3-2-4-6-15/h5,13-14H,2-4,6-12H2,1H3,(H,19,24). The van der Waals surface area contributed by atoms with E-state index >= 15 is 0 Å². The maximum absolute atomic E-state index is 12.2. The Bertz CT molecular complexity index is 576. The van der Waals surface area contributed by atoms with Crippen LogP contribution in [0.5, 0.6) is 0 Å². The van der Waals surface area contributed by atoms with Crippen molar-refractivity contribution in [1.29, 1.82) is 0 Å². The number of rotatable bonds is 5. The summed E-state index contributed by atoms with van der Waals surface area (Å²) < 4.78 is 0. The number of hydrogen-bond donors (Lipinski definition) is 1. The molecule has 1 aliphatic carbocycles. The van der Waals surface area contributed by atoms with E-state index in [1.807, 2.05) is 0 Å². The van der Waals surface area contributed by atoms with E-state index in [1.165, 1.54) is 31.3 Å². The van der Waals surface area contributed by atoms with Gasteiger partial charge in [0.05, 0.1) is 5.56 Å². The topological polar surface area (TPSA) is 61.4 Å². The number of allylic oxidation sites excluding steroid dienone is 1. The summed E-state index contributed by atoms with van der Waals surface area (Å²) in [7, 11) is 2.12. The number of nitrogens with one attached hydrogen (secondary N) is 1. The molecule has 0 unspecified atom stereocenters. The van der Waals surface area contributed by atoms with E-state index < -0.39 is 0 Å². The summed E-state index contributed by atoms with van der Waals surface area (Å²) in [5, 5.41) is 2.97. The molecule has 1 aromatic heterocycles. The van der Waals surface area contributed by atoms with Crippen LogP contribution in [0.15, 0.2) is 24.0 Å². The molecule has 0 saturated carbocycles. The van der Waals surface area contributed by atoms with Gasteiger partial charge in [-0.3, -0.25) is 4.79 Å². The minimum atomic E-state index is -0.0867. The molecule has 2 aliphatic rings. The van der Waals surface area contributed by atoms with Gasteiger partial charge in [-0.1, -0.05) is 11.6 Å². The van der Waals surface area contributed by atoms with Crippen LogP contribution >= 0.6 is 0 Å². The first-order chi connectivity index (χ1) is 11.7. The summed E-state index contributed by atoms with van der Waals surface area (Å²) in [6, 6.07) is 0. The fourth-order valence-corrected chi connectivity index (χ4v) is 3.18. The molecule has 24 heavy (non-hydrogen) atoms. The predicted molar refractivity (Wildman–Crippen MR) is 95.2 cm³/mol. The molecule has 1 saturated heterocycles. The molecule has 0 radical (unpaired) electrons. The van der Waals surface area contributed by atoms with Gasteiger partial charge in [-0.05, 0) is 39.2 Å². The van der Waals surface area contributed by atoms with E-state index in [9.17, 15) is 4.79 Å². The molecule has 0 bridgehead atoms. The maximum atomic E-state index is 12.2. The maximum Gasteiger partial charge on any atom is 0.254 e. The number of amides is 1. The molecule has 1 N–H and O–H groups in total. The smallest absolute Gasteiger partial charge is 0.254 e. The Balaban J connectivity index is 1.47. The molecule has 1 aliphatic heterocycles. The van der Waals surface area contributed by atoms with Crippen molar-refractivity contribution >= 4 is 11.9 Å². The molecule has 6 nitrogen and oxygen atoms in total. The fourth-order valence-electron chi connectivity index (χ4n) is 3.18. The summed E-state index contributed by atoms with van der Waals surface area (Å²) in [4.78, 5) is 25.4. The number of hydrogen-bond acceptors (Lipinski definition) is 5. The number of aromatic nitrogens is 2. The van der Waals surface area contributed by atoms with Crippen LogP contribution in [-0.2, 0) is 0 Å². The molecule has 1 amide bonds. The van der Waals surface area contributed by atoms with Crippen molar-refractivity contribution < 1.29 is 4.79 Å². The van der Waals surface area contributed by atoms with Crippen LogP contribution in [0, 0.1) is 0 Å². The van der Waals surface area contributed by atoms with Crippen molar-refractivity contribution in [3.05, 3.63) is 29.6 Å². The minimum Gasteiger partial charge on any atom is -0.352 e. The molecule has 0 aromatic carbocycles. The van der Waals surface area contributed by atoms with Gasteiger partial charge in [-0.15, -0.1) is 0 Å². The van der Waals surface area contributed by atoms with E-state index in [0.717, 1.165) is 32.6 Å². The van der Waals surface area contributed by atoms with Crippen molar-refractivity contribution in [1.82, 2.24) is 20.2 Å². The normalized spacial score (nSPS) is 19.0. The first kappa shape index (κ1) is 16.9. The number of likely N-dealkylation sites (N-methyl/N-ethyl adjacent to an activating group) is 1. The minimum absolute atomic E-state index is 0.0867. The summed E-state index contributed by atoms with van der Waals surface area (Å²) in [5.74, 6) is 0.628. The fraction of sp³-hybridized carbons (Fsp3) is 0.611. The van der Waals surface area contributed by atoms with Crippen LogP contribution in [0.25, 0.3) is 0 Å². The molecule has 1 fully saturated rings. The average Bonchev–Trinajstić information content (AvgIpc) is 2.63. The van der Waals surface area contributed by atoms with Gasteiger partial charge in [0.2, 0.25) is 5.95 Å². The average molecular weight is 329 g/mol. The molecule has 0 atom stereocenters. The van der Waals surface area contributed by atoms with Crippen LogP contribution < -0.4 is 10.2 Å². The summed E-state index contributed by atoms with van der Waals surface area (Å²) in [6.45, 7) is 4.57. The summed E-state index contributed by atoms with van der Waals surface area (Å²) in [6.07, 6.45) is 11.5. The molecule has 130 valence electrons. The van der Waals surface area contributed by atoms with Gasteiger partial charge in [0.1, 0.15) is 0 Å². The zero-order valence-electron chi connectivity index (χ0n) is 14.5. The van der Waals surface area contributed by atoms with E-state index in [0.29, 0.717) is 18.1 Å². The lowest BCUT2D eigenvalue weighted by molar-refractivity contribution is 0.0953. The summed E-state index contributed by atoms with van der Waals surface area (Å²) in [5.41, 5.74) is 2.01. The van der Waals surface area contributed by atoms with E-state index in [4.69, 9.17) is 0 Å². The van der Waals surface area contributed by atoms with Gasteiger partial charge in [0, 0.05) is 45.1 Å². The third-order valence-corrected chi connectivity index (χ3v) is 4.80. The zero-order chi connectivity index (χ0) is 16.8. The highest BCUT2D eigenvalue weighted by atomic mass is 16.1. The number of anilines is 1. The van der Waals surface area contributed by atoms with E-state index in [1.54, 1.807) is 12.4 Å². The number of carbonyl (C=O) groups excluding carboxylic acids is 1. The predicted octanol–water partition coefficient (Wildman–Crippen LogP) is 1.85. The van der Waals surface area contributed by atoms with Gasteiger partial charge in [-0.25, -0.2) is 9.97 Å². The first-order valence-electron chi connectivity index (χ1n) is 8.94. The third-order valence-electron chi connectivity index (χ3n) is 4.80. The Morgan fingerprint density at radius 2 is 1.92 bits per heavy atom. The lowest BCUT2D eigenvalue weighted by atomic mass is 9.97. The lowest BCUT2D eigenvalue weighted by Crippen LogP contribution is -2.45. The largest absolute Gasteiger partial charge is 0.352 e. The number of carbonyl (C=O) groups is 1. The van der Waals surface area contributed by atoms with E-state index in [2.05, 4.69) is 38.2 Å². The van der Waals surface area contributed by atoms with Crippen molar-refractivity contribution in [2.24, 2.45) is 0 Å². The molecule has 2 heterocycles. The van der Waals surface area contributed by atoms with Gasteiger partial charge >= 0.3 is 0 Å². The second kappa shape index (κ2) is 8.24. The lowest BCUT2D eigenvalue weighted by Gasteiger charge is -2.32. The van der Waals surface area contributed by atoms with E-state index in [-0.39, 0.29) is 5.91 Å². The number of piperazine rings is 1. The van der Waals surface area contributed by atoms with Crippen LogP contribution in [0.3, 0.4) is 0 Å². The van der Waals surface area contributed by atoms with Crippen LogP contribution in [-0.4, -0.2) is 60.5 Å². The Kier molecular flexibility index (Phi) is 5.80. The monoisotopic (exact) mass is 329 g/mol. The Morgan fingerprint density at radius 1 is 1.17 bits per heavy atom. The first-order valence-corrected chi connectivity index (χ1v) is 8.94. The molecule has 3 rings (SSSR count). The molecular weight excluding hydrogens is 302 g/mol. The second-order valence-electron chi connectivity index (χ2n) is 6.68. The quantitative estimate of drug-likeness (QED) is 0.836. The molecular formula is C18H27N5O. The van der Waals surface area contributed by atoms with Crippen LogP contribution in [0.1, 0.15) is 42.5 Å². The van der Waals surface area contributed by atoms with Crippen molar-refractivity contribution in [3.63, 3.8) is 0 Å². The molecule has 1 aromatic rings. The van der Waals surface area contributed by atoms with Crippen LogP contribution in [0.2, 0.25) is 0 Å². The molecule has 6 heteroatoms. The SMILES string of the molecule is CN1CCN(c2ncc(C(=O)NCCC3=CCCCC3)cn2)CC1. The van der Waals surface area contributed by atoms with Crippen molar-refractivity contribution in [2.75, 3.05) is 44.7 Å². The highest BCUT2D eigenvalue weighted by Crippen LogP contribution is 2.19. The Labute approximate surface area is 144 Å². The number of nitrogens with zero attached hydrogens (tertiary/aromatic N) is 4. The second-order valence-corrected chi connectivity index (χ2v) is 6.68. The third kappa shape index (κ3) is 4.54. The molecule has 0 spiro atoms. The van der Waals surface area contributed by atoms with Crippen LogP contribution in [0.4, 0.5) is 5.95 Å². The highest BCUT2D eigenvalue weighted by molar-refractivity contribution is 5.93. The van der Waals surface area contributed by atoms with Crippen molar-refractivity contribution in [3.8, 4) is 0 Å². The van der Waals surface area contributed by atoms with Gasteiger partial charge in [0.25, 0.3) is 5.91 Å².